The molecule has 0 amide bonds. The summed E-state index contributed by atoms with van der Waals surface area (Å²) in [6.07, 6.45) is 2.38. The minimum absolute atomic E-state index is 0.416. The van der Waals surface area contributed by atoms with Gasteiger partial charge in [-0.1, -0.05) is 29.8 Å². The molecule has 0 unspecified atom stereocenters. The van der Waals surface area contributed by atoms with Crippen LogP contribution in [0.3, 0.4) is 0 Å². The van der Waals surface area contributed by atoms with E-state index in [2.05, 4.69) is 53.7 Å². The lowest BCUT2D eigenvalue weighted by Gasteiger charge is -2.40. The van der Waals surface area contributed by atoms with Crippen LogP contribution in [-0.2, 0) is 4.74 Å². The third kappa shape index (κ3) is 6.56. The van der Waals surface area contributed by atoms with Gasteiger partial charge in [0.1, 0.15) is 0 Å². The third-order valence-corrected chi connectivity index (χ3v) is 5.07. The second-order valence-electron chi connectivity index (χ2n) is 6.68. The fourth-order valence-electron chi connectivity index (χ4n) is 2.71. The van der Waals surface area contributed by atoms with E-state index in [-0.39, 0.29) is 0 Å². The van der Waals surface area contributed by atoms with Crippen LogP contribution in [0.25, 0.3) is 0 Å². The molecule has 0 aromatic carbocycles. The van der Waals surface area contributed by atoms with E-state index in [4.69, 9.17) is 4.74 Å². The van der Waals surface area contributed by atoms with Gasteiger partial charge in [0.2, 0.25) is 0 Å². The average molecular weight is 335 g/mol. The van der Waals surface area contributed by atoms with Gasteiger partial charge in [0.05, 0.1) is 0 Å². The molecule has 1 rings (SSSR count). The van der Waals surface area contributed by atoms with Crippen LogP contribution in [0, 0.1) is 11.3 Å². The number of rotatable bonds is 8. The van der Waals surface area contributed by atoms with Crippen molar-refractivity contribution in [2.75, 3.05) is 58.8 Å². The number of ether oxygens (including phenoxy) is 1. The molecule has 0 radical (unpaired) electrons. The molecule has 0 aromatic heterocycles. The summed E-state index contributed by atoms with van der Waals surface area (Å²) in [6, 6.07) is 0. The molecule has 3 nitrogen and oxygen atoms in total. The number of halogens is 1. The summed E-state index contributed by atoms with van der Waals surface area (Å²) in [5.74, 6) is 0.731. The van der Waals surface area contributed by atoms with Gasteiger partial charge in [-0.15, -0.1) is 0 Å². The van der Waals surface area contributed by atoms with Gasteiger partial charge in [-0.3, -0.25) is 0 Å². The summed E-state index contributed by atoms with van der Waals surface area (Å²) in [5, 5.41) is 1.10. The van der Waals surface area contributed by atoms with Gasteiger partial charge in [-0.2, -0.15) is 0 Å². The van der Waals surface area contributed by atoms with Crippen molar-refractivity contribution in [3.63, 3.8) is 0 Å². The Kier molecular flexibility index (Phi) is 7.88. The minimum Gasteiger partial charge on any atom is -0.381 e. The predicted octanol–water partition coefficient (Wildman–Crippen LogP) is 2.70. The van der Waals surface area contributed by atoms with E-state index in [1.54, 1.807) is 0 Å². The highest BCUT2D eigenvalue weighted by Gasteiger charge is 2.33. The molecule has 0 spiro atoms. The summed E-state index contributed by atoms with van der Waals surface area (Å²) in [6.45, 7) is 11.2. The molecule has 0 N–H and O–H groups in total. The van der Waals surface area contributed by atoms with E-state index in [0.717, 1.165) is 31.0 Å². The first kappa shape index (κ1) is 17.4. The third-order valence-electron chi connectivity index (χ3n) is 3.88. The van der Waals surface area contributed by atoms with E-state index >= 15 is 0 Å². The molecule has 1 fully saturated rings. The molecule has 0 atom stereocenters. The van der Waals surface area contributed by atoms with Gasteiger partial charge in [-0.25, -0.2) is 0 Å². The maximum Gasteiger partial charge on any atom is 0.0472 e. The van der Waals surface area contributed by atoms with E-state index in [0.29, 0.717) is 5.41 Å². The summed E-state index contributed by atoms with van der Waals surface area (Å²) < 4.78 is 5.54. The van der Waals surface area contributed by atoms with Crippen LogP contribution in [0.2, 0.25) is 0 Å². The first-order valence-electron chi connectivity index (χ1n) is 7.48. The molecule has 1 saturated heterocycles. The monoisotopic (exact) mass is 334 g/mol. The van der Waals surface area contributed by atoms with Crippen molar-refractivity contribution >= 4 is 15.9 Å². The zero-order valence-corrected chi connectivity index (χ0v) is 14.7. The molecule has 0 aromatic rings. The molecular formula is C15H31BrN2O. The molecular weight excluding hydrogens is 304 g/mol. The second kappa shape index (κ2) is 8.60. The van der Waals surface area contributed by atoms with Crippen molar-refractivity contribution in [2.24, 2.45) is 11.3 Å². The average Bonchev–Trinajstić information content (AvgIpc) is 2.36. The normalized spacial score (nSPS) is 19.6. The predicted molar refractivity (Wildman–Crippen MR) is 86.1 cm³/mol. The lowest BCUT2D eigenvalue weighted by molar-refractivity contribution is 0.00563. The van der Waals surface area contributed by atoms with E-state index in [9.17, 15) is 0 Å². The smallest absolute Gasteiger partial charge is 0.0472 e. The van der Waals surface area contributed by atoms with Crippen LogP contribution < -0.4 is 0 Å². The van der Waals surface area contributed by atoms with Crippen LogP contribution in [0.1, 0.15) is 26.7 Å². The summed E-state index contributed by atoms with van der Waals surface area (Å²) >= 11 is 3.75. The van der Waals surface area contributed by atoms with Crippen molar-refractivity contribution in [3.05, 3.63) is 0 Å². The fourth-order valence-corrected chi connectivity index (χ4v) is 3.44. The Morgan fingerprint density at radius 3 is 2.26 bits per heavy atom. The van der Waals surface area contributed by atoms with Crippen LogP contribution in [0.5, 0.6) is 0 Å². The molecule has 1 aliphatic rings. The zero-order valence-electron chi connectivity index (χ0n) is 13.1. The van der Waals surface area contributed by atoms with Crippen LogP contribution >= 0.6 is 15.9 Å². The van der Waals surface area contributed by atoms with Gasteiger partial charge in [-0.05, 0) is 38.3 Å². The maximum absolute atomic E-state index is 5.54. The number of likely N-dealkylation sites (N-methyl/N-ethyl adjacent to an activating group) is 1. The standard InChI is InChI=1S/C15H31BrN2O/c1-14(2)11-18(8-7-17(3)4)13-15(12-16)5-9-19-10-6-15/h14H,5-13H2,1-4H3. The van der Waals surface area contributed by atoms with E-state index in [1.165, 1.54) is 32.5 Å². The van der Waals surface area contributed by atoms with Gasteiger partial charge >= 0.3 is 0 Å². The Labute approximate surface area is 127 Å². The first-order chi connectivity index (χ1) is 8.97. The van der Waals surface area contributed by atoms with Gasteiger partial charge in [0.15, 0.2) is 0 Å². The lowest BCUT2D eigenvalue weighted by Crippen LogP contribution is -2.45. The summed E-state index contributed by atoms with van der Waals surface area (Å²) in [7, 11) is 4.31. The zero-order chi connectivity index (χ0) is 14.3. The molecule has 0 aliphatic carbocycles. The second-order valence-corrected chi connectivity index (χ2v) is 7.24. The van der Waals surface area contributed by atoms with E-state index in [1.807, 2.05) is 0 Å². The Morgan fingerprint density at radius 2 is 1.79 bits per heavy atom. The number of hydrogen-bond acceptors (Lipinski definition) is 3. The van der Waals surface area contributed by atoms with Crippen LogP contribution in [0.4, 0.5) is 0 Å². The van der Waals surface area contributed by atoms with Gasteiger partial charge < -0.3 is 14.5 Å². The molecule has 114 valence electrons. The Balaban J connectivity index is 2.57. The molecule has 0 bridgehead atoms. The van der Waals surface area contributed by atoms with Crippen LogP contribution in [-0.4, -0.2) is 68.6 Å². The number of hydrogen-bond donors (Lipinski definition) is 0. The van der Waals surface area contributed by atoms with E-state index < -0.39 is 0 Å². The summed E-state index contributed by atoms with van der Waals surface area (Å²) in [5.41, 5.74) is 0.416. The highest BCUT2D eigenvalue weighted by atomic mass is 79.9. The van der Waals surface area contributed by atoms with Crippen molar-refractivity contribution < 1.29 is 4.74 Å². The van der Waals surface area contributed by atoms with Gasteiger partial charge in [0, 0.05) is 44.7 Å². The Hall–Kier alpha value is 0.360. The largest absolute Gasteiger partial charge is 0.381 e. The summed E-state index contributed by atoms with van der Waals surface area (Å²) in [4.78, 5) is 4.93. The van der Waals surface area contributed by atoms with Crippen molar-refractivity contribution in [2.45, 2.75) is 26.7 Å². The molecule has 0 saturated carbocycles. The number of nitrogens with zero attached hydrogens (tertiary/aromatic N) is 2. The quantitative estimate of drug-likeness (QED) is 0.635. The Morgan fingerprint density at radius 1 is 1.16 bits per heavy atom. The molecule has 19 heavy (non-hydrogen) atoms. The first-order valence-corrected chi connectivity index (χ1v) is 8.60. The highest BCUT2D eigenvalue weighted by Crippen LogP contribution is 2.33. The fraction of sp³-hybridized carbons (Fsp3) is 1.00. The Bertz CT molecular complexity index is 240. The SMILES string of the molecule is CC(C)CN(CCN(C)C)CC1(CBr)CCOCC1. The van der Waals surface area contributed by atoms with Crippen molar-refractivity contribution in [1.82, 2.24) is 9.80 Å². The highest BCUT2D eigenvalue weighted by molar-refractivity contribution is 9.09. The van der Waals surface area contributed by atoms with Gasteiger partial charge in [0.25, 0.3) is 0 Å². The molecule has 4 heteroatoms. The molecule has 1 heterocycles. The maximum atomic E-state index is 5.54. The van der Waals surface area contributed by atoms with Crippen molar-refractivity contribution in [3.8, 4) is 0 Å². The number of alkyl halides is 1. The molecule has 1 aliphatic heterocycles. The topological polar surface area (TPSA) is 15.7 Å². The van der Waals surface area contributed by atoms with Crippen LogP contribution in [0.15, 0.2) is 0 Å². The minimum atomic E-state index is 0.416. The lowest BCUT2D eigenvalue weighted by atomic mass is 9.81. The van der Waals surface area contributed by atoms with Crippen molar-refractivity contribution in [1.29, 1.82) is 0 Å².